The first kappa shape index (κ1) is 13.8. The Morgan fingerprint density at radius 2 is 2.10 bits per heavy atom. The number of aliphatic hydroxyl groups is 1. The lowest BCUT2D eigenvalue weighted by molar-refractivity contribution is 0.203. The Kier molecular flexibility index (Phi) is 3.89. The summed E-state index contributed by atoms with van der Waals surface area (Å²) in [5.41, 5.74) is 1.35. The molecule has 1 aliphatic rings. The fraction of sp³-hybridized carbons (Fsp3) is 0.600. The van der Waals surface area contributed by atoms with E-state index in [2.05, 4.69) is 34.1 Å². The molecule has 20 heavy (non-hydrogen) atoms. The van der Waals surface area contributed by atoms with Gasteiger partial charge in [0.15, 0.2) is 0 Å². The molecule has 1 saturated heterocycles. The smallest absolute Gasteiger partial charge is 0.141 e. The van der Waals surface area contributed by atoms with Crippen molar-refractivity contribution in [2.75, 3.05) is 24.6 Å². The molecule has 0 radical (unpaired) electrons. The molecule has 0 unspecified atom stereocenters. The number of hydrogen-bond donors (Lipinski definition) is 1. The number of fused-ring (bicyclic) bond motifs is 1. The second kappa shape index (κ2) is 5.66. The van der Waals surface area contributed by atoms with Crippen LogP contribution in [0.1, 0.15) is 38.2 Å². The fourth-order valence-electron chi connectivity index (χ4n) is 2.87. The topological polar surface area (TPSA) is 49.2 Å². The summed E-state index contributed by atoms with van der Waals surface area (Å²) in [6, 6.07) is 0. The Labute approximate surface area is 123 Å². The second-order valence-corrected chi connectivity index (χ2v) is 6.69. The van der Waals surface area contributed by atoms with Crippen LogP contribution in [0.15, 0.2) is 11.7 Å². The minimum atomic E-state index is 0.308. The van der Waals surface area contributed by atoms with Crippen LogP contribution in [0.5, 0.6) is 0 Å². The van der Waals surface area contributed by atoms with Crippen molar-refractivity contribution in [2.45, 2.75) is 32.6 Å². The molecule has 1 N–H and O–H groups in total. The monoisotopic (exact) mass is 291 g/mol. The van der Waals surface area contributed by atoms with Gasteiger partial charge in [0.25, 0.3) is 0 Å². The van der Waals surface area contributed by atoms with Crippen molar-refractivity contribution in [2.24, 2.45) is 5.92 Å². The highest BCUT2D eigenvalue weighted by Crippen LogP contribution is 2.36. The number of nitrogens with zero attached hydrogens (tertiary/aromatic N) is 3. The third-order valence-corrected chi connectivity index (χ3v) is 5.08. The van der Waals surface area contributed by atoms with E-state index in [1.165, 1.54) is 10.9 Å². The summed E-state index contributed by atoms with van der Waals surface area (Å²) in [6.07, 6.45) is 3.77. The van der Waals surface area contributed by atoms with Crippen LogP contribution in [0.25, 0.3) is 10.2 Å². The van der Waals surface area contributed by atoms with Crippen LogP contribution in [0.4, 0.5) is 5.82 Å². The molecule has 1 fully saturated rings. The van der Waals surface area contributed by atoms with Crippen molar-refractivity contribution in [3.63, 3.8) is 0 Å². The molecule has 0 saturated carbocycles. The Bertz CT molecular complexity index is 588. The van der Waals surface area contributed by atoms with Crippen molar-refractivity contribution < 1.29 is 5.11 Å². The number of piperidine rings is 1. The normalized spacial score (nSPS) is 17.3. The first-order chi connectivity index (χ1) is 9.70. The summed E-state index contributed by atoms with van der Waals surface area (Å²) >= 11 is 1.71. The third-order valence-electron chi connectivity index (χ3n) is 4.17. The van der Waals surface area contributed by atoms with Crippen LogP contribution in [0.3, 0.4) is 0 Å². The Hall–Kier alpha value is -1.20. The molecule has 0 aromatic carbocycles. The standard InChI is InChI=1S/C15H21N3OS/c1-10(2)12-8-20-15-13(12)14(16-9-17-15)18-5-3-11(7-19)4-6-18/h8-11,19H,3-7H2,1-2H3. The van der Waals surface area contributed by atoms with Crippen molar-refractivity contribution in [1.29, 1.82) is 0 Å². The van der Waals surface area contributed by atoms with E-state index in [1.54, 1.807) is 17.7 Å². The molecule has 3 heterocycles. The molecule has 1 aliphatic heterocycles. The SMILES string of the molecule is CC(C)c1csc2ncnc(N3CCC(CO)CC3)c12. The van der Waals surface area contributed by atoms with Gasteiger partial charge in [-0.3, -0.25) is 0 Å². The van der Waals surface area contributed by atoms with Gasteiger partial charge < -0.3 is 10.0 Å². The van der Waals surface area contributed by atoms with E-state index in [9.17, 15) is 5.11 Å². The fourth-order valence-corrected chi connectivity index (χ4v) is 3.94. The minimum Gasteiger partial charge on any atom is -0.396 e. The van der Waals surface area contributed by atoms with Crippen molar-refractivity contribution in [3.8, 4) is 0 Å². The van der Waals surface area contributed by atoms with Crippen molar-refractivity contribution in [1.82, 2.24) is 9.97 Å². The Balaban J connectivity index is 1.97. The highest BCUT2D eigenvalue weighted by Gasteiger charge is 2.23. The van der Waals surface area contributed by atoms with E-state index in [0.717, 1.165) is 36.6 Å². The first-order valence-electron chi connectivity index (χ1n) is 7.28. The summed E-state index contributed by atoms with van der Waals surface area (Å²) in [7, 11) is 0. The van der Waals surface area contributed by atoms with Crippen LogP contribution >= 0.6 is 11.3 Å². The zero-order valence-corrected chi connectivity index (χ0v) is 12.9. The van der Waals surface area contributed by atoms with Gasteiger partial charge in [0.2, 0.25) is 0 Å². The van der Waals surface area contributed by atoms with E-state index in [1.807, 2.05) is 0 Å². The van der Waals surface area contributed by atoms with E-state index in [0.29, 0.717) is 18.4 Å². The van der Waals surface area contributed by atoms with Gasteiger partial charge in [0, 0.05) is 19.7 Å². The Morgan fingerprint density at radius 3 is 2.75 bits per heavy atom. The van der Waals surface area contributed by atoms with Gasteiger partial charge >= 0.3 is 0 Å². The Morgan fingerprint density at radius 1 is 1.35 bits per heavy atom. The maximum Gasteiger partial charge on any atom is 0.141 e. The van der Waals surface area contributed by atoms with Crippen LogP contribution in [-0.4, -0.2) is 34.8 Å². The largest absolute Gasteiger partial charge is 0.396 e. The molecule has 5 heteroatoms. The zero-order chi connectivity index (χ0) is 14.1. The second-order valence-electron chi connectivity index (χ2n) is 5.84. The molecule has 2 aromatic rings. The molecule has 3 rings (SSSR count). The molecule has 0 amide bonds. The molecule has 2 aromatic heterocycles. The molecule has 0 bridgehead atoms. The summed E-state index contributed by atoms with van der Waals surface area (Å²) in [5.74, 6) is 2.02. The van der Waals surface area contributed by atoms with Gasteiger partial charge in [-0.1, -0.05) is 13.8 Å². The lowest BCUT2D eigenvalue weighted by atomic mass is 9.97. The van der Waals surface area contributed by atoms with E-state index < -0.39 is 0 Å². The number of hydrogen-bond acceptors (Lipinski definition) is 5. The van der Waals surface area contributed by atoms with Gasteiger partial charge in [0.05, 0.1) is 5.39 Å². The lowest BCUT2D eigenvalue weighted by Gasteiger charge is -2.32. The van der Waals surface area contributed by atoms with Gasteiger partial charge in [0.1, 0.15) is 17.0 Å². The molecule has 108 valence electrons. The maximum absolute atomic E-state index is 9.26. The number of anilines is 1. The number of rotatable bonds is 3. The van der Waals surface area contributed by atoms with Gasteiger partial charge in [-0.25, -0.2) is 9.97 Å². The molecular formula is C15H21N3OS. The van der Waals surface area contributed by atoms with E-state index in [4.69, 9.17) is 0 Å². The number of aliphatic hydroxyl groups excluding tert-OH is 1. The average Bonchev–Trinajstić information content (AvgIpc) is 2.91. The number of aromatic nitrogens is 2. The zero-order valence-electron chi connectivity index (χ0n) is 12.0. The maximum atomic E-state index is 9.26. The molecular weight excluding hydrogens is 270 g/mol. The number of thiophene rings is 1. The highest BCUT2D eigenvalue weighted by atomic mass is 32.1. The van der Waals surface area contributed by atoms with E-state index >= 15 is 0 Å². The first-order valence-corrected chi connectivity index (χ1v) is 8.16. The van der Waals surface area contributed by atoms with Gasteiger partial charge in [-0.2, -0.15) is 0 Å². The molecule has 0 spiro atoms. The summed E-state index contributed by atoms with van der Waals surface area (Å²) in [5, 5.41) is 12.7. The quantitative estimate of drug-likeness (QED) is 0.944. The van der Waals surface area contributed by atoms with E-state index in [-0.39, 0.29) is 0 Å². The molecule has 0 aliphatic carbocycles. The van der Waals surface area contributed by atoms with Gasteiger partial charge in [-0.15, -0.1) is 11.3 Å². The van der Waals surface area contributed by atoms with Crippen LogP contribution in [-0.2, 0) is 0 Å². The van der Waals surface area contributed by atoms with Crippen molar-refractivity contribution in [3.05, 3.63) is 17.3 Å². The summed E-state index contributed by atoms with van der Waals surface area (Å²) in [4.78, 5) is 12.4. The predicted octanol–water partition coefficient (Wildman–Crippen LogP) is 3.02. The third kappa shape index (κ3) is 2.40. The molecule has 4 nitrogen and oxygen atoms in total. The van der Waals surface area contributed by atoms with Crippen molar-refractivity contribution >= 4 is 27.4 Å². The average molecular weight is 291 g/mol. The molecule has 0 atom stereocenters. The predicted molar refractivity (Wildman–Crippen MR) is 83.5 cm³/mol. The summed E-state index contributed by atoms with van der Waals surface area (Å²) < 4.78 is 0. The van der Waals surface area contributed by atoms with Gasteiger partial charge in [-0.05, 0) is 35.6 Å². The summed E-state index contributed by atoms with van der Waals surface area (Å²) in [6.45, 7) is 6.70. The van der Waals surface area contributed by atoms with Crippen LogP contribution < -0.4 is 4.90 Å². The minimum absolute atomic E-state index is 0.308. The highest BCUT2D eigenvalue weighted by molar-refractivity contribution is 7.17. The van der Waals surface area contributed by atoms with Crippen LogP contribution in [0.2, 0.25) is 0 Å². The lowest BCUT2D eigenvalue weighted by Crippen LogP contribution is -2.35. The van der Waals surface area contributed by atoms with Crippen LogP contribution in [0, 0.1) is 5.92 Å².